The zero-order chi connectivity index (χ0) is 22.5. The summed E-state index contributed by atoms with van der Waals surface area (Å²) in [7, 11) is 0. The van der Waals surface area contributed by atoms with Crippen LogP contribution in [0, 0.1) is 20.8 Å². The van der Waals surface area contributed by atoms with Gasteiger partial charge < -0.3 is 14.2 Å². The van der Waals surface area contributed by atoms with Gasteiger partial charge in [-0.1, -0.05) is 29.8 Å². The number of aryl methyl sites for hydroxylation is 3. The standard InChI is InChI=1S/C26H25NO4S/c1-17-8-10-22(29-11-5-12-30-23-15-18(2)7-9-19(23)3)20(14-17)16-21-26(28)31-25(27-21)24-6-4-13-32-24/h4,6-10,13-16H,5,11-12H2,1-3H3/b21-16+. The summed E-state index contributed by atoms with van der Waals surface area (Å²) in [5.41, 5.74) is 4.42. The molecule has 0 atom stereocenters. The summed E-state index contributed by atoms with van der Waals surface area (Å²) in [5.74, 6) is 1.49. The topological polar surface area (TPSA) is 57.1 Å². The van der Waals surface area contributed by atoms with Crippen molar-refractivity contribution in [2.45, 2.75) is 27.2 Å². The molecule has 5 nitrogen and oxygen atoms in total. The summed E-state index contributed by atoms with van der Waals surface area (Å²) >= 11 is 1.48. The molecule has 2 heterocycles. The Morgan fingerprint density at radius 3 is 2.50 bits per heavy atom. The predicted molar refractivity (Wildman–Crippen MR) is 128 cm³/mol. The summed E-state index contributed by atoms with van der Waals surface area (Å²) in [5, 5.41) is 1.92. The van der Waals surface area contributed by atoms with E-state index in [4.69, 9.17) is 14.2 Å². The fourth-order valence-corrected chi connectivity index (χ4v) is 3.91. The van der Waals surface area contributed by atoms with Crippen LogP contribution in [0.15, 0.2) is 64.6 Å². The fraction of sp³-hybridized carbons (Fsp3) is 0.231. The minimum atomic E-state index is -0.456. The molecule has 32 heavy (non-hydrogen) atoms. The SMILES string of the molecule is Cc1ccc(OCCCOc2cc(C)ccc2C)c(/C=C2/N=C(c3cccs3)OC2=O)c1. The number of hydrogen-bond donors (Lipinski definition) is 0. The minimum absolute atomic E-state index is 0.266. The molecule has 0 saturated carbocycles. The lowest BCUT2D eigenvalue weighted by Gasteiger charge is -2.12. The number of ether oxygens (including phenoxy) is 3. The molecule has 2 aromatic carbocycles. The van der Waals surface area contributed by atoms with Gasteiger partial charge in [0.2, 0.25) is 5.90 Å². The molecule has 0 amide bonds. The van der Waals surface area contributed by atoms with E-state index in [1.54, 1.807) is 6.08 Å². The number of rotatable bonds is 8. The minimum Gasteiger partial charge on any atom is -0.493 e. The molecule has 0 fully saturated rings. The van der Waals surface area contributed by atoms with Crippen LogP contribution >= 0.6 is 11.3 Å². The number of carbonyl (C=O) groups is 1. The Balaban J connectivity index is 1.41. The first-order valence-corrected chi connectivity index (χ1v) is 11.4. The monoisotopic (exact) mass is 447 g/mol. The van der Waals surface area contributed by atoms with Crippen molar-refractivity contribution in [3.63, 3.8) is 0 Å². The summed E-state index contributed by atoms with van der Waals surface area (Å²) in [4.78, 5) is 17.5. The van der Waals surface area contributed by atoms with Gasteiger partial charge in [0, 0.05) is 12.0 Å². The fourth-order valence-electron chi connectivity index (χ4n) is 3.26. The number of aliphatic imine (C=N–C) groups is 1. The Hall–Kier alpha value is -3.38. The van der Waals surface area contributed by atoms with Crippen LogP contribution in [-0.4, -0.2) is 25.1 Å². The van der Waals surface area contributed by atoms with Gasteiger partial charge in [-0.25, -0.2) is 9.79 Å². The van der Waals surface area contributed by atoms with Crippen molar-refractivity contribution in [2.75, 3.05) is 13.2 Å². The third kappa shape index (κ3) is 5.26. The van der Waals surface area contributed by atoms with E-state index < -0.39 is 5.97 Å². The van der Waals surface area contributed by atoms with Crippen LogP contribution in [0.5, 0.6) is 11.5 Å². The Morgan fingerprint density at radius 1 is 0.969 bits per heavy atom. The molecule has 0 saturated heterocycles. The van der Waals surface area contributed by atoms with E-state index in [0.717, 1.165) is 33.7 Å². The Labute approximate surface area is 192 Å². The normalized spacial score (nSPS) is 14.4. The lowest BCUT2D eigenvalue weighted by molar-refractivity contribution is -0.129. The summed E-state index contributed by atoms with van der Waals surface area (Å²) < 4.78 is 17.2. The molecule has 0 bridgehead atoms. The van der Waals surface area contributed by atoms with Crippen LogP contribution in [0.4, 0.5) is 0 Å². The van der Waals surface area contributed by atoms with Crippen LogP contribution in [0.25, 0.3) is 6.08 Å². The van der Waals surface area contributed by atoms with Crippen LogP contribution in [-0.2, 0) is 9.53 Å². The molecule has 1 aromatic heterocycles. The first kappa shape index (κ1) is 21.8. The quantitative estimate of drug-likeness (QED) is 0.246. The molecule has 1 aliphatic rings. The average molecular weight is 448 g/mol. The van der Waals surface area contributed by atoms with Crippen LogP contribution in [0.3, 0.4) is 0 Å². The lowest BCUT2D eigenvalue weighted by Crippen LogP contribution is -2.06. The average Bonchev–Trinajstić information content (AvgIpc) is 3.42. The third-order valence-electron chi connectivity index (χ3n) is 4.96. The Kier molecular flexibility index (Phi) is 6.71. The van der Waals surface area contributed by atoms with Crippen molar-refractivity contribution < 1.29 is 19.0 Å². The maximum atomic E-state index is 12.3. The van der Waals surface area contributed by atoms with E-state index in [9.17, 15) is 4.79 Å². The van der Waals surface area contributed by atoms with Gasteiger partial charge in [-0.3, -0.25) is 0 Å². The van der Waals surface area contributed by atoms with Gasteiger partial charge in [-0.15, -0.1) is 11.3 Å². The molecule has 4 rings (SSSR count). The van der Waals surface area contributed by atoms with Gasteiger partial charge in [-0.05, 0) is 67.6 Å². The number of benzene rings is 2. The van der Waals surface area contributed by atoms with E-state index in [1.165, 1.54) is 16.9 Å². The van der Waals surface area contributed by atoms with Crippen molar-refractivity contribution in [1.82, 2.24) is 0 Å². The smallest absolute Gasteiger partial charge is 0.363 e. The van der Waals surface area contributed by atoms with Crippen molar-refractivity contribution in [3.8, 4) is 11.5 Å². The van der Waals surface area contributed by atoms with E-state index in [2.05, 4.69) is 24.0 Å². The van der Waals surface area contributed by atoms with Crippen molar-refractivity contribution in [3.05, 3.63) is 86.7 Å². The van der Waals surface area contributed by atoms with Gasteiger partial charge in [0.15, 0.2) is 5.70 Å². The van der Waals surface area contributed by atoms with Crippen molar-refractivity contribution in [2.24, 2.45) is 4.99 Å². The van der Waals surface area contributed by atoms with Crippen LogP contribution in [0.1, 0.15) is 33.6 Å². The van der Waals surface area contributed by atoms with Crippen molar-refractivity contribution in [1.29, 1.82) is 0 Å². The summed E-state index contributed by atoms with van der Waals surface area (Å²) in [6, 6.07) is 15.8. The van der Waals surface area contributed by atoms with E-state index in [-0.39, 0.29) is 5.70 Å². The zero-order valence-corrected chi connectivity index (χ0v) is 19.2. The molecule has 3 aromatic rings. The molecule has 6 heteroatoms. The number of nitrogens with zero attached hydrogens (tertiary/aromatic N) is 1. The highest BCUT2D eigenvalue weighted by molar-refractivity contribution is 7.12. The second-order valence-electron chi connectivity index (χ2n) is 7.67. The number of thiophene rings is 1. The number of cyclic esters (lactones) is 1. The number of carbonyl (C=O) groups excluding carboxylic acids is 1. The van der Waals surface area contributed by atoms with Crippen LogP contribution < -0.4 is 9.47 Å². The summed E-state index contributed by atoms with van der Waals surface area (Å²) in [6.07, 6.45) is 2.46. The molecule has 0 radical (unpaired) electrons. The zero-order valence-electron chi connectivity index (χ0n) is 18.4. The Morgan fingerprint density at radius 2 is 1.72 bits per heavy atom. The predicted octanol–water partition coefficient (Wildman–Crippen LogP) is 5.87. The van der Waals surface area contributed by atoms with Crippen LogP contribution in [0.2, 0.25) is 0 Å². The first-order chi connectivity index (χ1) is 15.5. The van der Waals surface area contributed by atoms with Gasteiger partial charge in [0.1, 0.15) is 11.5 Å². The van der Waals surface area contributed by atoms with Crippen molar-refractivity contribution >= 4 is 29.3 Å². The Bertz CT molecular complexity index is 1180. The first-order valence-electron chi connectivity index (χ1n) is 10.5. The van der Waals surface area contributed by atoms with E-state index in [0.29, 0.717) is 24.9 Å². The van der Waals surface area contributed by atoms with E-state index >= 15 is 0 Å². The molecule has 0 N–H and O–H groups in total. The maximum absolute atomic E-state index is 12.3. The highest BCUT2D eigenvalue weighted by Crippen LogP contribution is 2.27. The van der Waals surface area contributed by atoms with Gasteiger partial charge in [-0.2, -0.15) is 0 Å². The largest absolute Gasteiger partial charge is 0.493 e. The highest BCUT2D eigenvalue weighted by atomic mass is 32.1. The van der Waals surface area contributed by atoms with Gasteiger partial charge >= 0.3 is 5.97 Å². The third-order valence-corrected chi connectivity index (χ3v) is 5.82. The number of esters is 1. The molecule has 0 spiro atoms. The van der Waals surface area contributed by atoms with Gasteiger partial charge in [0.25, 0.3) is 0 Å². The van der Waals surface area contributed by atoms with Gasteiger partial charge in [0.05, 0.1) is 18.1 Å². The van der Waals surface area contributed by atoms with E-state index in [1.807, 2.05) is 55.6 Å². The molecule has 0 unspecified atom stereocenters. The number of hydrogen-bond acceptors (Lipinski definition) is 6. The second-order valence-corrected chi connectivity index (χ2v) is 8.62. The highest BCUT2D eigenvalue weighted by Gasteiger charge is 2.25. The second kappa shape index (κ2) is 9.83. The summed E-state index contributed by atoms with van der Waals surface area (Å²) in [6.45, 7) is 7.15. The maximum Gasteiger partial charge on any atom is 0.363 e. The molecule has 164 valence electrons. The molecular formula is C26H25NO4S. The molecule has 1 aliphatic heterocycles. The lowest BCUT2D eigenvalue weighted by atomic mass is 10.1. The molecule has 0 aliphatic carbocycles. The molecular weight excluding hydrogens is 422 g/mol.